The number of methoxy groups -OCH3 is 1. The number of nitrogens with one attached hydrogen (secondary N) is 2. The van der Waals surface area contributed by atoms with E-state index in [1.807, 2.05) is 13.0 Å². The third-order valence-corrected chi connectivity index (χ3v) is 6.32. The Morgan fingerprint density at radius 2 is 1.87 bits per heavy atom. The van der Waals surface area contributed by atoms with Crippen molar-refractivity contribution in [2.24, 2.45) is 0 Å². The monoisotopic (exact) mass is 550 g/mol. The van der Waals surface area contributed by atoms with Crippen molar-refractivity contribution in [1.29, 1.82) is 0 Å². The minimum atomic E-state index is -0.563. The summed E-state index contributed by atoms with van der Waals surface area (Å²) < 4.78 is 7.70. The van der Waals surface area contributed by atoms with Gasteiger partial charge in [-0.1, -0.05) is 35.3 Å². The highest BCUT2D eigenvalue weighted by molar-refractivity contribution is 6.32. The molecule has 1 amide bonds. The van der Waals surface area contributed by atoms with Crippen LogP contribution in [0.25, 0.3) is 28.1 Å². The molecular formula is C25H20Cl2N8O3. The van der Waals surface area contributed by atoms with E-state index >= 15 is 0 Å². The SMILES string of the molecule is COC(=O)Nc1ccc(-c2nc(Cn3c(C)cc(-c4cc(Cl)ccc4-n4cnnn4)cc3=O)[nH]c2Cl)cc1. The smallest absolute Gasteiger partial charge is 0.411 e. The van der Waals surface area contributed by atoms with E-state index < -0.39 is 6.09 Å². The van der Waals surface area contributed by atoms with Crippen LogP contribution in [0.4, 0.5) is 10.5 Å². The number of aromatic amines is 1. The number of carbonyl (C=O) groups excluding carboxylic acids is 1. The van der Waals surface area contributed by atoms with Crippen LogP contribution in [0.1, 0.15) is 11.5 Å². The van der Waals surface area contributed by atoms with Gasteiger partial charge in [0.2, 0.25) is 0 Å². The Morgan fingerprint density at radius 1 is 1.08 bits per heavy atom. The molecule has 0 bridgehead atoms. The highest BCUT2D eigenvalue weighted by atomic mass is 35.5. The third-order valence-electron chi connectivity index (χ3n) is 5.81. The van der Waals surface area contributed by atoms with E-state index in [9.17, 15) is 9.59 Å². The van der Waals surface area contributed by atoms with Crippen molar-refractivity contribution in [3.05, 3.63) is 93.0 Å². The zero-order chi connectivity index (χ0) is 26.8. The molecule has 3 heterocycles. The van der Waals surface area contributed by atoms with Crippen molar-refractivity contribution >= 4 is 35.0 Å². The number of amides is 1. The summed E-state index contributed by atoms with van der Waals surface area (Å²) in [7, 11) is 1.29. The summed E-state index contributed by atoms with van der Waals surface area (Å²) >= 11 is 12.7. The summed E-state index contributed by atoms with van der Waals surface area (Å²) in [5.41, 5.74) is 4.39. The van der Waals surface area contributed by atoms with Gasteiger partial charge in [0.1, 0.15) is 23.0 Å². The number of tetrazole rings is 1. The maximum atomic E-state index is 13.2. The van der Waals surface area contributed by atoms with E-state index in [-0.39, 0.29) is 12.1 Å². The number of nitrogens with zero attached hydrogens (tertiary/aromatic N) is 6. The maximum absolute atomic E-state index is 13.2. The van der Waals surface area contributed by atoms with Gasteiger partial charge in [-0.05, 0) is 59.3 Å². The van der Waals surface area contributed by atoms with E-state index in [1.165, 1.54) is 24.2 Å². The Morgan fingerprint density at radius 3 is 2.55 bits per heavy atom. The second-order valence-corrected chi connectivity index (χ2v) is 9.08. The number of pyridine rings is 1. The number of hydrogen-bond donors (Lipinski definition) is 2. The molecule has 0 radical (unpaired) electrons. The molecule has 0 fully saturated rings. The summed E-state index contributed by atoms with van der Waals surface area (Å²) in [5, 5.41) is 14.8. The Labute approximate surface area is 226 Å². The van der Waals surface area contributed by atoms with Crippen LogP contribution < -0.4 is 10.9 Å². The number of carbonyl (C=O) groups is 1. The minimum Gasteiger partial charge on any atom is -0.453 e. The molecule has 0 aliphatic rings. The molecule has 192 valence electrons. The zero-order valence-electron chi connectivity index (χ0n) is 20.1. The first-order valence-electron chi connectivity index (χ1n) is 11.3. The Bertz CT molecular complexity index is 1680. The van der Waals surface area contributed by atoms with Gasteiger partial charge in [0.05, 0.1) is 19.3 Å². The molecule has 0 aliphatic carbocycles. The molecule has 0 unspecified atom stereocenters. The molecule has 0 spiro atoms. The first kappa shape index (κ1) is 25.2. The van der Waals surface area contributed by atoms with E-state index in [4.69, 9.17) is 23.2 Å². The second kappa shape index (κ2) is 10.5. The van der Waals surface area contributed by atoms with E-state index in [0.717, 1.165) is 5.56 Å². The van der Waals surface area contributed by atoms with Crippen LogP contribution in [0.5, 0.6) is 0 Å². The average molecular weight is 551 g/mol. The molecule has 0 atom stereocenters. The van der Waals surface area contributed by atoms with Crippen LogP contribution in [-0.2, 0) is 11.3 Å². The first-order chi connectivity index (χ1) is 18.3. The average Bonchev–Trinajstić information content (AvgIpc) is 3.56. The van der Waals surface area contributed by atoms with Gasteiger partial charge in [-0.3, -0.25) is 10.1 Å². The fourth-order valence-electron chi connectivity index (χ4n) is 3.99. The van der Waals surface area contributed by atoms with Gasteiger partial charge < -0.3 is 14.3 Å². The first-order valence-corrected chi connectivity index (χ1v) is 12.0. The van der Waals surface area contributed by atoms with Crippen LogP contribution in [0, 0.1) is 6.92 Å². The lowest BCUT2D eigenvalue weighted by Gasteiger charge is -2.13. The molecule has 11 nitrogen and oxygen atoms in total. The number of benzene rings is 2. The predicted molar refractivity (Wildman–Crippen MR) is 143 cm³/mol. The van der Waals surface area contributed by atoms with Gasteiger partial charge in [-0.25, -0.2) is 9.78 Å². The molecule has 5 aromatic rings. The highest BCUT2D eigenvalue weighted by Gasteiger charge is 2.15. The van der Waals surface area contributed by atoms with Crippen LogP contribution in [0.15, 0.2) is 65.7 Å². The lowest BCUT2D eigenvalue weighted by atomic mass is 10.0. The number of H-pyrrole nitrogens is 1. The topological polar surface area (TPSA) is 133 Å². The molecule has 38 heavy (non-hydrogen) atoms. The molecule has 0 saturated carbocycles. The summed E-state index contributed by atoms with van der Waals surface area (Å²) in [4.78, 5) is 32.2. The van der Waals surface area contributed by atoms with Gasteiger partial charge in [-0.2, -0.15) is 4.68 Å². The lowest BCUT2D eigenvalue weighted by molar-refractivity contribution is 0.187. The summed E-state index contributed by atoms with van der Waals surface area (Å²) in [6.07, 6.45) is 0.911. The van der Waals surface area contributed by atoms with Gasteiger partial charge in [0.15, 0.2) is 0 Å². The third kappa shape index (κ3) is 5.15. The molecule has 0 aliphatic heterocycles. The van der Waals surface area contributed by atoms with Crippen LogP contribution in [-0.4, -0.2) is 47.9 Å². The molecule has 3 aromatic heterocycles. The summed E-state index contributed by atoms with van der Waals surface area (Å²) in [6, 6.07) is 15.7. The van der Waals surface area contributed by atoms with Crippen molar-refractivity contribution in [3.8, 4) is 28.1 Å². The van der Waals surface area contributed by atoms with Crippen molar-refractivity contribution in [1.82, 2.24) is 34.7 Å². The molecule has 13 heteroatoms. The highest BCUT2D eigenvalue weighted by Crippen LogP contribution is 2.30. The van der Waals surface area contributed by atoms with Crippen molar-refractivity contribution < 1.29 is 9.53 Å². The predicted octanol–water partition coefficient (Wildman–Crippen LogP) is 4.72. The number of halogens is 2. The lowest BCUT2D eigenvalue weighted by Crippen LogP contribution is -2.23. The Balaban J connectivity index is 1.43. The molecular weight excluding hydrogens is 531 g/mol. The van der Waals surface area contributed by atoms with Crippen molar-refractivity contribution in [2.45, 2.75) is 13.5 Å². The van der Waals surface area contributed by atoms with Gasteiger partial charge >= 0.3 is 6.09 Å². The van der Waals surface area contributed by atoms with Gasteiger partial charge in [0, 0.05) is 33.6 Å². The molecule has 5 rings (SSSR count). The second-order valence-electron chi connectivity index (χ2n) is 8.27. The van der Waals surface area contributed by atoms with E-state index in [1.54, 1.807) is 47.0 Å². The molecule has 2 N–H and O–H groups in total. The number of rotatable bonds is 6. The maximum Gasteiger partial charge on any atom is 0.411 e. The quantitative estimate of drug-likeness (QED) is 0.312. The van der Waals surface area contributed by atoms with Gasteiger partial charge in [0.25, 0.3) is 5.56 Å². The Kier molecular flexibility index (Phi) is 6.95. The van der Waals surface area contributed by atoms with Gasteiger partial charge in [-0.15, -0.1) is 5.10 Å². The largest absolute Gasteiger partial charge is 0.453 e. The number of aromatic nitrogens is 7. The van der Waals surface area contributed by atoms with Crippen LogP contribution in [0.3, 0.4) is 0 Å². The number of imidazole rings is 1. The number of aryl methyl sites for hydroxylation is 1. The number of ether oxygens (including phenoxy) is 1. The number of hydrogen-bond acceptors (Lipinski definition) is 7. The van der Waals surface area contributed by atoms with Crippen molar-refractivity contribution in [3.63, 3.8) is 0 Å². The Hall–Kier alpha value is -4.48. The standard InChI is InChI=1S/C25H20Cl2N8O3/c1-14-9-16(19-11-17(26)5-8-20(19)35-13-28-32-33-35)10-22(36)34(14)12-21-30-23(24(27)31-21)15-3-6-18(7-4-15)29-25(37)38-2/h3-11,13H,12H2,1-2H3,(H,29,37)(H,30,31). The minimum absolute atomic E-state index is 0.183. The normalized spacial score (nSPS) is 10.9. The summed E-state index contributed by atoms with van der Waals surface area (Å²) in [6.45, 7) is 2.02. The fraction of sp³-hybridized carbons (Fsp3) is 0.120. The van der Waals surface area contributed by atoms with E-state index in [2.05, 4.69) is 35.5 Å². The fourth-order valence-corrected chi connectivity index (χ4v) is 4.43. The van der Waals surface area contributed by atoms with Crippen LogP contribution in [0.2, 0.25) is 10.2 Å². The zero-order valence-corrected chi connectivity index (χ0v) is 21.7. The summed E-state index contributed by atoms with van der Waals surface area (Å²) in [5.74, 6) is 0.511. The molecule has 0 saturated heterocycles. The molecule has 2 aromatic carbocycles. The van der Waals surface area contributed by atoms with Crippen molar-refractivity contribution in [2.75, 3.05) is 12.4 Å². The van der Waals surface area contributed by atoms with Crippen LogP contribution >= 0.6 is 23.2 Å². The van der Waals surface area contributed by atoms with E-state index in [0.29, 0.717) is 49.9 Å². The number of anilines is 1.